The molecule has 0 spiro atoms. The van der Waals surface area contributed by atoms with Gasteiger partial charge in [0.2, 0.25) is 0 Å². The van der Waals surface area contributed by atoms with E-state index in [0.29, 0.717) is 5.69 Å². The summed E-state index contributed by atoms with van der Waals surface area (Å²) in [5, 5.41) is 13.1. The molecule has 3 atom stereocenters. The van der Waals surface area contributed by atoms with Crippen molar-refractivity contribution < 1.29 is 9.84 Å². The largest absolute Gasteiger partial charge is 0.497 e. The fourth-order valence-electron chi connectivity index (χ4n) is 2.94. The van der Waals surface area contributed by atoms with Gasteiger partial charge in [0.25, 0.3) is 0 Å². The smallest absolute Gasteiger partial charge is 0.124 e. The third-order valence-electron chi connectivity index (χ3n) is 4.66. The molecule has 4 N–H and O–H groups in total. The number of hydrogen-bond donors (Lipinski definition) is 3. The molecule has 1 aliphatic rings. The number of aliphatic hydroxyl groups is 1. The second-order valence-electron chi connectivity index (χ2n) is 6.58. The van der Waals surface area contributed by atoms with Crippen LogP contribution < -0.4 is 15.8 Å². The summed E-state index contributed by atoms with van der Waals surface area (Å²) < 4.78 is 5.17. The van der Waals surface area contributed by atoms with Crippen LogP contribution in [0.5, 0.6) is 5.75 Å². The Kier molecular flexibility index (Phi) is 6.37. The van der Waals surface area contributed by atoms with Gasteiger partial charge in [-0.05, 0) is 43.2 Å². The van der Waals surface area contributed by atoms with E-state index in [-0.39, 0.29) is 0 Å². The van der Waals surface area contributed by atoms with Crippen LogP contribution in [0.15, 0.2) is 18.2 Å². The van der Waals surface area contributed by atoms with Crippen molar-refractivity contribution in [2.24, 2.45) is 11.8 Å². The predicted octanol–water partition coefficient (Wildman–Crippen LogP) is 4.00. The Balaban J connectivity index is 1.60. The fourth-order valence-corrected chi connectivity index (χ4v) is 2.94. The van der Waals surface area contributed by atoms with Crippen LogP contribution in [0.3, 0.4) is 0 Å². The highest BCUT2D eigenvalue weighted by atomic mass is 16.5. The molecule has 0 bridgehead atoms. The van der Waals surface area contributed by atoms with Gasteiger partial charge in [-0.1, -0.05) is 32.6 Å². The van der Waals surface area contributed by atoms with Gasteiger partial charge in [-0.25, -0.2) is 0 Å². The SMILES string of the molecule is COc1ccc(N)c(NC(O)CCCCCC[C@@H]2CC2C)c1. The number of benzene rings is 1. The number of nitrogens with one attached hydrogen (secondary N) is 1. The fraction of sp³-hybridized carbons (Fsp3) is 0.667. The van der Waals surface area contributed by atoms with Gasteiger partial charge in [0.1, 0.15) is 12.0 Å². The maximum absolute atomic E-state index is 10.1. The van der Waals surface area contributed by atoms with E-state index in [4.69, 9.17) is 10.5 Å². The lowest BCUT2D eigenvalue weighted by Gasteiger charge is -2.16. The first kappa shape index (κ1) is 16.9. The molecule has 1 saturated carbocycles. The third-order valence-corrected chi connectivity index (χ3v) is 4.66. The van der Waals surface area contributed by atoms with Crippen molar-refractivity contribution in [2.45, 2.75) is 58.1 Å². The minimum absolute atomic E-state index is 0.558. The van der Waals surface area contributed by atoms with Gasteiger partial charge in [0.05, 0.1) is 18.5 Å². The number of methoxy groups -OCH3 is 1. The van der Waals surface area contributed by atoms with Crippen molar-refractivity contribution in [3.63, 3.8) is 0 Å². The molecule has 0 saturated heterocycles. The standard InChI is InChI=1S/C18H30N2O2/c1-13-11-14(13)7-5-3-4-6-8-18(21)20-17-12-15(22-2)9-10-16(17)19/h9-10,12-14,18,20-21H,3-8,11,19H2,1-2H3/t13?,14-,18?/m1/s1. The van der Waals surface area contributed by atoms with E-state index in [1.54, 1.807) is 13.2 Å². The van der Waals surface area contributed by atoms with Crippen molar-refractivity contribution in [2.75, 3.05) is 18.2 Å². The van der Waals surface area contributed by atoms with Crippen LogP contribution in [-0.4, -0.2) is 18.4 Å². The summed E-state index contributed by atoms with van der Waals surface area (Å²) in [4.78, 5) is 0. The highest BCUT2D eigenvalue weighted by molar-refractivity contribution is 5.68. The summed E-state index contributed by atoms with van der Waals surface area (Å²) >= 11 is 0. The zero-order valence-corrected chi connectivity index (χ0v) is 13.8. The van der Waals surface area contributed by atoms with Crippen molar-refractivity contribution in [3.05, 3.63) is 18.2 Å². The molecule has 1 aliphatic carbocycles. The van der Waals surface area contributed by atoms with Crippen molar-refractivity contribution in [3.8, 4) is 5.75 Å². The molecule has 2 rings (SSSR count). The Hall–Kier alpha value is -1.42. The molecule has 2 unspecified atom stereocenters. The van der Waals surface area contributed by atoms with Crippen LogP contribution in [0, 0.1) is 11.8 Å². The number of unbranched alkanes of at least 4 members (excludes halogenated alkanes) is 3. The minimum atomic E-state index is -0.558. The number of anilines is 2. The summed E-state index contributed by atoms with van der Waals surface area (Å²) in [5.41, 5.74) is 7.26. The average molecular weight is 306 g/mol. The molecule has 4 nitrogen and oxygen atoms in total. The first-order chi connectivity index (χ1) is 10.6. The Morgan fingerprint density at radius 1 is 1.32 bits per heavy atom. The van der Waals surface area contributed by atoms with E-state index < -0.39 is 6.23 Å². The Bertz CT molecular complexity index is 464. The minimum Gasteiger partial charge on any atom is -0.497 e. The Morgan fingerprint density at radius 2 is 2.05 bits per heavy atom. The summed E-state index contributed by atoms with van der Waals surface area (Å²) in [6.45, 7) is 2.34. The molecular weight excluding hydrogens is 276 g/mol. The molecular formula is C18H30N2O2. The molecule has 124 valence electrons. The van der Waals surface area contributed by atoms with Gasteiger partial charge >= 0.3 is 0 Å². The Labute approximate surface area is 134 Å². The van der Waals surface area contributed by atoms with E-state index in [2.05, 4.69) is 12.2 Å². The lowest BCUT2D eigenvalue weighted by Crippen LogP contribution is -2.19. The monoisotopic (exact) mass is 306 g/mol. The van der Waals surface area contributed by atoms with E-state index >= 15 is 0 Å². The van der Waals surface area contributed by atoms with E-state index in [9.17, 15) is 5.11 Å². The van der Waals surface area contributed by atoms with Crippen molar-refractivity contribution >= 4 is 11.4 Å². The first-order valence-corrected chi connectivity index (χ1v) is 8.48. The number of ether oxygens (including phenoxy) is 1. The number of rotatable bonds is 10. The zero-order valence-electron chi connectivity index (χ0n) is 13.8. The average Bonchev–Trinajstić information content (AvgIpc) is 3.20. The molecule has 0 aromatic heterocycles. The van der Waals surface area contributed by atoms with Gasteiger partial charge in [-0.2, -0.15) is 0 Å². The van der Waals surface area contributed by atoms with Crippen LogP contribution >= 0.6 is 0 Å². The Morgan fingerprint density at radius 3 is 2.73 bits per heavy atom. The molecule has 22 heavy (non-hydrogen) atoms. The van der Waals surface area contributed by atoms with E-state index in [0.717, 1.165) is 36.1 Å². The number of nitrogens with two attached hydrogens (primary N) is 1. The van der Waals surface area contributed by atoms with Gasteiger partial charge in [-0.15, -0.1) is 0 Å². The molecule has 0 amide bonds. The first-order valence-electron chi connectivity index (χ1n) is 8.48. The lowest BCUT2D eigenvalue weighted by molar-refractivity contribution is 0.188. The number of aliphatic hydroxyl groups excluding tert-OH is 1. The van der Waals surface area contributed by atoms with E-state index in [1.807, 2.05) is 12.1 Å². The quantitative estimate of drug-likeness (QED) is 0.347. The molecule has 1 aromatic rings. The van der Waals surface area contributed by atoms with Gasteiger partial charge < -0.3 is 20.9 Å². The summed E-state index contributed by atoms with van der Waals surface area (Å²) in [5.74, 6) is 2.71. The summed E-state index contributed by atoms with van der Waals surface area (Å²) in [6.07, 6.45) is 7.85. The number of hydrogen-bond acceptors (Lipinski definition) is 4. The predicted molar refractivity (Wildman–Crippen MR) is 92.0 cm³/mol. The molecule has 1 aromatic carbocycles. The van der Waals surface area contributed by atoms with Crippen molar-refractivity contribution in [1.82, 2.24) is 0 Å². The van der Waals surface area contributed by atoms with Crippen LogP contribution in [0.1, 0.15) is 51.9 Å². The third kappa shape index (κ3) is 5.41. The lowest BCUT2D eigenvalue weighted by atomic mass is 10.1. The topological polar surface area (TPSA) is 67.5 Å². The second kappa shape index (κ2) is 8.28. The maximum atomic E-state index is 10.1. The normalized spacial score (nSPS) is 21.4. The molecule has 0 radical (unpaired) electrons. The van der Waals surface area contributed by atoms with Crippen molar-refractivity contribution in [1.29, 1.82) is 0 Å². The molecule has 1 fully saturated rings. The van der Waals surface area contributed by atoms with Crippen LogP contribution in [0.2, 0.25) is 0 Å². The second-order valence-corrected chi connectivity index (χ2v) is 6.58. The molecule has 4 heteroatoms. The molecule has 0 aliphatic heterocycles. The van der Waals surface area contributed by atoms with Crippen LogP contribution in [-0.2, 0) is 0 Å². The van der Waals surface area contributed by atoms with Gasteiger partial charge in [0, 0.05) is 6.07 Å². The molecule has 0 heterocycles. The van der Waals surface area contributed by atoms with Crippen LogP contribution in [0.25, 0.3) is 0 Å². The highest BCUT2D eigenvalue weighted by Gasteiger charge is 2.31. The maximum Gasteiger partial charge on any atom is 0.124 e. The van der Waals surface area contributed by atoms with Gasteiger partial charge in [-0.3, -0.25) is 0 Å². The zero-order chi connectivity index (χ0) is 15.9. The van der Waals surface area contributed by atoms with E-state index in [1.165, 1.54) is 32.1 Å². The summed E-state index contributed by atoms with van der Waals surface area (Å²) in [7, 11) is 1.62. The highest BCUT2D eigenvalue weighted by Crippen LogP contribution is 2.41. The van der Waals surface area contributed by atoms with Gasteiger partial charge in [0.15, 0.2) is 0 Å². The number of nitrogen functional groups attached to an aromatic ring is 1. The van der Waals surface area contributed by atoms with Crippen LogP contribution in [0.4, 0.5) is 11.4 Å². The summed E-state index contributed by atoms with van der Waals surface area (Å²) in [6, 6.07) is 5.41.